The highest BCUT2D eigenvalue weighted by Gasteiger charge is 2.28. The fourth-order valence-corrected chi connectivity index (χ4v) is 3.66. The van der Waals surface area contributed by atoms with E-state index in [9.17, 15) is 4.79 Å². The Kier molecular flexibility index (Phi) is 4.85. The van der Waals surface area contributed by atoms with Crippen LogP contribution in [0.15, 0.2) is 79.0 Å². The van der Waals surface area contributed by atoms with Crippen LogP contribution >= 0.6 is 0 Å². The molecule has 4 rings (SSSR count). The Morgan fingerprint density at radius 2 is 1.66 bits per heavy atom. The van der Waals surface area contributed by atoms with E-state index in [0.717, 1.165) is 39.0 Å². The topological polar surface area (TPSA) is 70.9 Å². The number of rotatable bonds is 6. The maximum Gasteiger partial charge on any atom is 0.223 e. The Hall–Kier alpha value is -3.53. The molecule has 0 saturated carbocycles. The van der Waals surface area contributed by atoms with E-state index in [1.165, 1.54) is 0 Å². The number of benzene rings is 3. The van der Waals surface area contributed by atoms with Gasteiger partial charge < -0.3 is 16.0 Å². The summed E-state index contributed by atoms with van der Waals surface area (Å²) in [6.45, 7) is 3.79. The zero-order valence-corrected chi connectivity index (χ0v) is 16.7. The molecule has 0 aliphatic rings. The smallest absolute Gasteiger partial charge is 0.223 e. The number of aromatic amines is 1. The van der Waals surface area contributed by atoms with E-state index in [-0.39, 0.29) is 5.91 Å². The number of carbonyl (C=O) groups excluding carboxylic acids is 1. The average molecular weight is 383 g/mol. The molecule has 0 radical (unpaired) electrons. The molecule has 4 N–H and O–H groups in total. The second-order valence-corrected chi connectivity index (χ2v) is 8.00. The van der Waals surface area contributed by atoms with Crippen molar-refractivity contribution in [2.75, 3.05) is 5.32 Å². The molecular weight excluding hydrogens is 358 g/mol. The molecule has 1 amide bonds. The van der Waals surface area contributed by atoms with Crippen LogP contribution in [0.5, 0.6) is 0 Å². The lowest BCUT2D eigenvalue weighted by atomic mass is 9.81. The molecular formula is C25H25N3O. The van der Waals surface area contributed by atoms with Gasteiger partial charge in [-0.15, -0.1) is 0 Å². The van der Waals surface area contributed by atoms with E-state index in [1.54, 1.807) is 0 Å². The van der Waals surface area contributed by atoms with Gasteiger partial charge in [0.2, 0.25) is 5.91 Å². The van der Waals surface area contributed by atoms with Crippen LogP contribution in [-0.4, -0.2) is 10.9 Å². The maximum atomic E-state index is 12.1. The molecule has 29 heavy (non-hydrogen) atoms. The molecule has 0 spiro atoms. The van der Waals surface area contributed by atoms with Crippen LogP contribution in [0, 0.1) is 5.41 Å². The van der Waals surface area contributed by atoms with Gasteiger partial charge in [0, 0.05) is 28.6 Å². The molecule has 1 aromatic heterocycles. The highest BCUT2D eigenvalue weighted by molar-refractivity contribution is 5.96. The number of primary amides is 1. The fourth-order valence-electron chi connectivity index (χ4n) is 3.66. The summed E-state index contributed by atoms with van der Waals surface area (Å²) in [6.07, 6.45) is 2.48. The van der Waals surface area contributed by atoms with Crippen molar-refractivity contribution in [3.63, 3.8) is 0 Å². The van der Waals surface area contributed by atoms with Crippen molar-refractivity contribution in [3.8, 4) is 11.1 Å². The van der Waals surface area contributed by atoms with Crippen LogP contribution in [0.4, 0.5) is 11.4 Å². The Morgan fingerprint density at radius 3 is 2.41 bits per heavy atom. The number of H-pyrrole nitrogens is 1. The van der Waals surface area contributed by atoms with E-state index in [1.807, 2.05) is 56.4 Å². The molecule has 4 heteroatoms. The molecule has 1 heterocycles. The molecule has 0 aliphatic carbocycles. The number of amides is 1. The van der Waals surface area contributed by atoms with Crippen LogP contribution in [0.2, 0.25) is 0 Å². The number of anilines is 2. The van der Waals surface area contributed by atoms with E-state index >= 15 is 0 Å². The SMILES string of the molecule is CC(C)(Cc1c(Nc2ccccc2)cccc1-c1cccc2cc[nH]c12)C(N)=O. The van der Waals surface area contributed by atoms with E-state index in [4.69, 9.17) is 5.73 Å². The van der Waals surface area contributed by atoms with Gasteiger partial charge >= 0.3 is 0 Å². The number of nitrogens with two attached hydrogens (primary N) is 1. The van der Waals surface area contributed by atoms with Crippen LogP contribution in [0.1, 0.15) is 19.4 Å². The number of fused-ring (bicyclic) bond motifs is 1. The monoisotopic (exact) mass is 383 g/mol. The maximum absolute atomic E-state index is 12.1. The minimum absolute atomic E-state index is 0.309. The van der Waals surface area contributed by atoms with Crippen molar-refractivity contribution >= 4 is 28.2 Å². The molecule has 4 aromatic rings. The quantitative estimate of drug-likeness (QED) is 0.404. The fraction of sp³-hybridized carbons (Fsp3) is 0.160. The summed E-state index contributed by atoms with van der Waals surface area (Å²) in [6, 6.07) is 24.6. The third-order valence-electron chi connectivity index (χ3n) is 5.39. The summed E-state index contributed by atoms with van der Waals surface area (Å²) in [7, 11) is 0. The third-order valence-corrected chi connectivity index (χ3v) is 5.39. The Labute approximate surface area is 170 Å². The average Bonchev–Trinajstić information content (AvgIpc) is 3.19. The van der Waals surface area contributed by atoms with Crippen LogP contribution in [0.3, 0.4) is 0 Å². The number of aromatic nitrogens is 1. The molecule has 0 unspecified atom stereocenters. The lowest BCUT2D eigenvalue weighted by Gasteiger charge is -2.25. The van der Waals surface area contributed by atoms with Crippen molar-refractivity contribution in [2.45, 2.75) is 20.3 Å². The van der Waals surface area contributed by atoms with Crippen molar-refractivity contribution in [3.05, 3.63) is 84.6 Å². The van der Waals surface area contributed by atoms with Gasteiger partial charge in [0.25, 0.3) is 0 Å². The van der Waals surface area contributed by atoms with Gasteiger partial charge in [-0.1, -0.05) is 62.4 Å². The van der Waals surface area contributed by atoms with Crippen LogP contribution in [-0.2, 0) is 11.2 Å². The van der Waals surface area contributed by atoms with Crippen molar-refractivity contribution in [1.29, 1.82) is 0 Å². The van der Waals surface area contributed by atoms with Gasteiger partial charge in [-0.2, -0.15) is 0 Å². The lowest BCUT2D eigenvalue weighted by Crippen LogP contribution is -2.33. The normalized spacial score (nSPS) is 11.5. The first-order valence-electron chi connectivity index (χ1n) is 9.76. The highest BCUT2D eigenvalue weighted by atomic mass is 16.1. The summed E-state index contributed by atoms with van der Waals surface area (Å²) in [5.41, 5.74) is 11.4. The van der Waals surface area contributed by atoms with Gasteiger partial charge in [0.1, 0.15) is 0 Å². The van der Waals surface area contributed by atoms with Gasteiger partial charge in [-0.3, -0.25) is 4.79 Å². The minimum atomic E-state index is -0.674. The number of hydrogen-bond donors (Lipinski definition) is 3. The Balaban J connectivity index is 1.89. The third kappa shape index (κ3) is 3.74. The Morgan fingerprint density at radius 1 is 0.931 bits per heavy atom. The zero-order chi connectivity index (χ0) is 20.4. The molecule has 0 aliphatic heterocycles. The van der Waals surface area contributed by atoms with Crippen LogP contribution in [0.25, 0.3) is 22.0 Å². The van der Waals surface area contributed by atoms with Gasteiger partial charge in [-0.05, 0) is 47.2 Å². The van der Waals surface area contributed by atoms with E-state index < -0.39 is 5.41 Å². The molecule has 3 aromatic carbocycles. The second kappa shape index (κ2) is 7.47. The largest absolute Gasteiger partial charge is 0.369 e. The second-order valence-electron chi connectivity index (χ2n) is 8.00. The summed E-state index contributed by atoms with van der Waals surface area (Å²) in [5, 5.41) is 4.68. The number of carbonyl (C=O) groups is 1. The minimum Gasteiger partial charge on any atom is -0.369 e. The number of para-hydroxylation sites is 2. The lowest BCUT2D eigenvalue weighted by molar-refractivity contribution is -0.125. The Bertz CT molecular complexity index is 1160. The van der Waals surface area contributed by atoms with E-state index in [2.05, 4.69) is 46.7 Å². The first-order chi connectivity index (χ1) is 14.0. The summed E-state index contributed by atoms with van der Waals surface area (Å²) in [5.74, 6) is -0.309. The summed E-state index contributed by atoms with van der Waals surface area (Å²) in [4.78, 5) is 15.5. The van der Waals surface area contributed by atoms with Gasteiger partial charge in [-0.25, -0.2) is 0 Å². The van der Waals surface area contributed by atoms with Crippen LogP contribution < -0.4 is 11.1 Å². The van der Waals surface area contributed by atoms with Crippen molar-refractivity contribution < 1.29 is 4.79 Å². The molecule has 0 bridgehead atoms. The summed E-state index contributed by atoms with van der Waals surface area (Å²) >= 11 is 0. The predicted octanol–water partition coefficient (Wildman–Crippen LogP) is 5.63. The van der Waals surface area contributed by atoms with Gasteiger partial charge in [0.15, 0.2) is 0 Å². The molecule has 4 nitrogen and oxygen atoms in total. The first kappa shape index (κ1) is 18.8. The summed E-state index contributed by atoms with van der Waals surface area (Å²) < 4.78 is 0. The molecule has 0 fully saturated rings. The first-order valence-corrected chi connectivity index (χ1v) is 9.76. The molecule has 0 saturated heterocycles. The zero-order valence-electron chi connectivity index (χ0n) is 16.7. The molecule has 0 atom stereocenters. The highest BCUT2D eigenvalue weighted by Crippen LogP contribution is 2.38. The molecule has 146 valence electrons. The number of nitrogens with one attached hydrogen (secondary N) is 2. The predicted molar refractivity (Wildman–Crippen MR) is 120 cm³/mol. The van der Waals surface area contributed by atoms with E-state index in [0.29, 0.717) is 6.42 Å². The standard InChI is InChI=1S/C25H25N3O/c1-25(2,24(26)29)16-21-19(20-12-6-8-17-14-15-27-23(17)20)11-7-13-22(21)28-18-9-4-3-5-10-18/h3-15,27-28H,16H2,1-2H3,(H2,26,29). The number of hydrogen-bond acceptors (Lipinski definition) is 2. The van der Waals surface area contributed by atoms with Crippen molar-refractivity contribution in [1.82, 2.24) is 4.98 Å². The van der Waals surface area contributed by atoms with Gasteiger partial charge in [0.05, 0.1) is 5.52 Å². The van der Waals surface area contributed by atoms with Crippen molar-refractivity contribution in [2.24, 2.45) is 11.1 Å².